The Morgan fingerprint density at radius 1 is 1.19 bits per heavy atom. The number of carbonyl (C=O) groups is 2. The second-order valence-corrected chi connectivity index (χ2v) is 8.37. The summed E-state index contributed by atoms with van der Waals surface area (Å²) in [6.07, 6.45) is 1.37. The van der Waals surface area contributed by atoms with Crippen LogP contribution in [0.3, 0.4) is 0 Å². The second kappa shape index (κ2) is 7.65. The number of methoxy groups -OCH3 is 1. The lowest BCUT2D eigenvalue weighted by atomic mass is 9.94. The number of aryl methyl sites for hydroxylation is 1. The fraction of sp³-hybridized carbons (Fsp3) is 0.125. The van der Waals surface area contributed by atoms with Crippen LogP contribution in [0.25, 0.3) is 10.2 Å². The van der Waals surface area contributed by atoms with E-state index in [-0.39, 0.29) is 11.3 Å². The van der Waals surface area contributed by atoms with Crippen molar-refractivity contribution in [3.63, 3.8) is 0 Å². The van der Waals surface area contributed by atoms with Gasteiger partial charge in [0.2, 0.25) is 5.78 Å². The number of Topliss-reactive ketones (excluding diaryl/α,β-unsaturated/α-hetero) is 1. The number of hydrogen-bond acceptors (Lipinski definition) is 7. The lowest BCUT2D eigenvalue weighted by molar-refractivity contribution is -0.117. The van der Waals surface area contributed by atoms with Crippen molar-refractivity contribution in [2.24, 2.45) is 0 Å². The van der Waals surface area contributed by atoms with Gasteiger partial charge in [0.05, 0.1) is 29.2 Å². The van der Waals surface area contributed by atoms with E-state index in [1.807, 2.05) is 25.1 Å². The third kappa shape index (κ3) is 3.07. The van der Waals surface area contributed by atoms with E-state index in [4.69, 9.17) is 9.15 Å². The Hall–Kier alpha value is -3.91. The van der Waals surface area contributed by atoms with Gasteiger partial charge in [-0.15, -0.1) is 0 Å². The van der Waals surface area contributed by atoms with E-state index in [1.165, 1.54) is 35.7 Å². The van der Waals surface area contributed by atoms with Crippen LogP contribution in [0.1, 0.15) is 27.7 Å². The molecule has 1 N–H and O–H groups in total. The van der Waals surface area contributed by atoms with Gasteiger partial charge in [-0.3, -0.25) is 14.5 Å². The largest absolute Gasteiger partial charge is 0.503 e. The normalized spacial score (nSPS) is 16.2. The first-order valence-electron chi connectivity index (χ1n) is 9.84. The van der Waals surface area contributed by atoms with E-state index in [2.05, 4.69) is 4.98 Å². The van der Waals surface area contributed by atoms with E-state index in [0.29, 0.717) is 16.4 Å². The molecule has 1 amide bonds. The SMILES string of the molecule is COc1ccccc1[C@H]1C(C(=O)c2ccco2)=C(O)C(=O)N1c1nc2ccc(C)cc2s1. The molecule has 0 fully saturated rings. The van der Waals surface area contributed by atoms with Crippen molar-refractivity contribution >= 4 is 38.4 Å². The molecule has 32 heavy (non-hydrogen) atoms. The molecule has 2 aromatic heterocycles. The molecule has 5 rings (SSSR count). The van der Waals surface area contributed by atoms with Crippen LogP contribution in [0.5, 0.6) is 5.75 Å². The zero-order valence-corrected chi connectivity index (χ0v) is 18.1. The smallest absolute Gasteiger partial charge is 0.296 e. The molecule has 0 saturated carbocycles. The number of rotatable bonds is 5. The van der Waals surface area contributed by atoms with Gasteiger partial charge in [0.25, 0.3) is 5.91 Å². The molecule has 0 radical (unpaired) electrons. The van der Waals surface area contributed by atoms with Crippen LogP contribution in [-0.2, 0) is 4.79 Å². The predicted octanol–water partition coefficient (Wildman–Crippen LogP) is 4.99. The van der Waals surface area contributed by atoms with Gasteiger partial charge in [-0.05, 0) is 42.8 Å². The van der Waals surface area contributed by atoms with Gasteiger partial charge in [-0.1, -0.05) is 35.6 Å². The minimum absolute atomic E-state index is 0.0287. The number of anilines is 1. The summed E-state index contributed by atoms with van der Waals surface area (Å²) in [5, 5.41) is 11.2. The number of aliphatic hydroxyl groups is 1. The summed E-state index contributed by atoms with van der Waals surface area (Å²) in [6, 6.07) is 15.0. The molecule has 1 aliphatic rings. The molecule has 0 unspecified atom stereocenters. The van der Waals surface area contributed by atoms with Crippen LogP contribution >= 0.6 is 11.3 Å². The van der Waals surface area contributed by atoms with Crippen molar-refractivity contribution in [1.82, 2.24) is 4.98 Å². The van der Waals surface area contributed by atoms with Crippen molar-refractivity contribution in [3.8, 4) is 5.75 Å². The number of furan rings is 1. The van der Waals surface area contributed by atoms with Crippen LogP contribution in [-0.4, -0.2) is 28.9 Å². The Morgan fingerprint density at radius 2 is 2.00 bits per heavy atom. The number of amides is 1. The van der Waals surface area contributed by atoms with Crippen LogP contribution < -0.4 is 9.64 Å². The summed E-state index contributed by atoms with van der Waals surface area (Å²) in [6.45, 7) is 1.98. The van der Waals surface area contributed by atoms with Crippen molar-refractivity contribution in [2.75, 3.05) is 12.0 Å². The Bertz CT molecular complexity index is 1390. The molecule has 0 aliphatic carbocycles. The number of fused-ring (bicyclic) bond motifs is 1. The average Bonchev–Trinajstić information content (AvgIpc) is 3.52. The number of hydrogen-bond donors (Lipinski definition) is 1. The van der Waals surface area contributed by atoms with Gasteiger partial charge in [-0.25, -0.2) is 4.98 Å². The van der Waals surface area contributed by atoms with E-state index in [9.17, 15) is 14.7 Å². The highest BCUT2D eigenvalue weighted by Crippen LogP contribution is 2.46. The molecular formula is C24H18N2O5S. The molecule has 0 saturated heterocycles. The first-order chi connectivity index (χ1) is 15.5. The molecule has 3 heterocycles. The van der Waals surface area contributed by atoms with E-state index in [0.717, 1.165) is 15.8 Å². The number of carbonyl (C=O) groups excluding carboxylic acids is 2. The summed E-state index contributed by atoms with van der Waals surface area (Å²) in [5.74, 6) is -1.40. The molecule has 4 aromatic rings. The first kappa shape index (κ1) is 20.0. The number of thiazole rings is 1. The maximum Gasteiger partial charge on any atom is 0.296 e. The van der Waals surface area contributed by atoms with Crippen molar-refractivity contribution in [1.29, 1.82) is 0 Å². The third-order valence-corrected chi connectivity index (χ3v) is 6.39. The monoisotopic (exact) mass is 446 g/mol. The molecular weight excluding hydrogens is 428 g/mol. The zero-order valence-electron chi connectivity index (χ0n) is 17.2. The lowest BCUT2D eigenvalue weighted by Gasteiger charge is -2.25. The van der Waals surface area contributed by atoms with Gasteiger partial charge < -0.3 is 14.3 Å². The number of aliphatic hydroxyl groups excluding tert-OH is 1. The van der Waals surface area contributed by atoms with Gasteiger partial charge in [-0.2, -0.15) is 0 Å². The summed E-state index contributed by atoms with van der Waals surface area (Å²) >= 11 is 1.32. The van der Waals surface area contributed by atoms with Crippen LogP contribution in [0.4, 0.5) is 5.13 Å². The molecule has 0 bridgehead atoms. The van der Waals surface area contributed by atoms with E-state index in [1.54, 1.807) is 30.3 Å². The van der Waals surface area contributed by atoms with Crippen LogP contribution in [0.15, 0.2) is 76.6 Å². The Kier molecular flexibility index (Phi) is 4.79. The molecule has 1 aliphatic heterocycles. The van der Waals surface area contributed by atoms with E-state index >= 15 is 0 Å². The standard InChI is InChI=1S/C24H18N2O5S/c1-13-9-10-15-18(12-13)32-24(25-15)26-20(14-6-3-4-7-16(14)30-2)19(22(28)23(26)29)21(27)17-8-5-11-31-17/h3-12,20,28H,1-2H3/t20-/m0/s1. The maximum absolute atomic E-state index is 13.3. The molecule has 7 nitrogen and oxygen atoms in total. The molecule has 1 atom stereocenters. The highest BCUT2D eigenvalue weighted by molar-refractivity contribution is 7.22. The molecule has 8 heteroatoms. The topological polar surface area (TPSA) is 92.9 Å². The number of para-hydroxylation sites is 1. The third-order valence-electron chi connectivity index (χ3n) is 5.37. The number of benzene rings is 2. The molecule has 160 valence electrons. The first-order valence-corrected chi connectivity index (χ1v) is 10.7. The second-order valence-electron chi connectivity index (χ2n) is 7.36. The fourth-order valence-electron chi connectivity index (χ4n) is 3.88. The molecule has 2 aromatic carbocycles. The van der Waals surface area contributed by atoms with Crippen molar-refractivity contribution in [3.05, 3.63) is 89.1 Å². The lowest BCUT2D eigenvalue weighted by Crippen LogP contribution is -2.31. The fourth-order valence-corrected chi connectivity index (χ4v) is 4.97. The van der Waals surface area contributed by atoms with Crippen molar-refractivity contribution in [2.45, 2.75) is 13.0 Å². The summed E-state index contributed by atoms with van der Waals surface area (Å²) in [7, 11) is 1.51. The minimum atomic E-state index is -0.932. The number of ketones is 1. The minimum Gasteiger partial charge on any atom is -0.503 e. The Balaban J connectivity index is 1.72. The van der Waals surface area contributed by atoms with Gasteiger partial charge in [0, 0.05) is 5.56 Å². The quantitative estimate of drug-likeness (QED) is 0.434. The average molecular weight is 446 g/mol. The Labute approximate surface area is 187 Å². The van der Waals surface area contributed by atoms with Gasteiger partial charge in [0.15, 0.2) is 16.7 Å². The number of nitrogens with zero attached hydrogens (tertiary/aromatic N) is 2. The number of aromatic nitrogens is 1. The summed E-state index contributed by atoms with van der Waals surface area (Å²) in [4.78, 5) is 32.5. The highest BCUT2D eigenvalue weighted by Gasteiger charge is 2.47. The number of ether oxygens (including phenoxy) is 1. The van der Waals surface area contributed by atoms with Crippen molar-refractivity contribution < 1.29 is 23.8 Å². The zero-order chi connectivity index (χ0) is 22.4. The van der Waals surface area contributed by atoms with Gasteiger partial charge >= 0.3 is 0 Å². The van der Waals surface area contributed by atoms with Crippen LogP contribution in [0, 0.1) is 6.92 Å². The Morgan fingerprint density at radius 3 is 2.75 bits per heavy atom. The molecule has 0 spiro atoms. The summed E-state index contributed by atoms with van der Waals surface area (Å²) < 4.78 is 11.7. The predicted molar refractivity (Wildman–Crippen MR) is 120 cm³/mol. The van der Waals surface area contributed by atoms with E-state index < -0.39 is 23.5 Å². The van der Waals surface area contributed by atoms with Crippen LogP contribution in [0.2, 0.25) is 0 Å². The highest BCUT2D eigenvalue weighted by atomic mass is 32.1. The van der Waals surface area contributed by atoms with Gasteiger partial charge in [0.1, 0.15) is 11.8 Å². The summed E-state index contributed by atoms with van der Waals surface area (Å²) in [5.41, 5.74) is 2.27. The maximum atomic E-state index is 13.3.